The van der Waals surface area contributed by atoms with Gasteiger partial charge in [0.05, 0.1) is 0 Å². The van der Waals surface area contributed by atoms with E-state index in [4.69, 9.17) is 0 Å². The molecule has 0 bridgehead atoms. The van der Waals surface area contributed by atoms with Crippen LogP contribution in [-0.2, 0) is 0 Å². The lowest BCUT2D eigenvalue weighted by atomic mass is 9.74. The normalized spacial score (nSPS) is 17.4. The smallest absolute Gasteiger partial charge is 0.00462 e. The number of nitrogens with one attached hydrogen (secondary N) is 1. The maximum Gasteiger partial charge on any atom is -0.00462 e. The van der Waals surface area contributed by atoms with E-state index in [-0.39, 0.29) is 0 Å². The molecule has 0 spiro atoms. The lowest BCUT2D eigenvalue weighted by Gasteiger charge is -2.32. The molecule has 0 aromatic heterocycles. The van der Waals surface area contributed by atoms with Gasteiger partial charge in [0.25, 0.3) is 0 Å². The van der Waals surface area contributed by atoms with Crippen LogP contribution in [-0.4, -0.2) is 13.1 Å². The average molecular weight is 298 g/mol. The highest BCUT2D eigenvalue weighted by Crippen LogP contribution is 2.34. The summed E-state index contributed by atoms with van der Waals surface area (Å²) in [7, 11) is 0. The zero-order valence-corrected chi connectivity index (χ0v) is 15.9. The van der Waals surface area contributed by atoms with Crippen LogP contribution >= 0.6 is 0 Å². The molecule has 0 rings (SSSR count). The summed E-state index contributed by atoms with van der Waals surface area (Å²) in [5.41, 5.74) is 0. The van der Waals surface area contributed by atoms with Gasteiger partial charge in [-0.05, 0) is 56.0 Å². The van der Waals surface area contributed by atoms with E-state index in [9.17, 15) is 0 Å². The fourth-order valence-electron chi connectivity index (χ4n) is 3.71. The Hall–Kier alpha value is -0.0400. The van der Waals surface area contributed by atoms with Gasteiger partial charge in [-0.25, -0.2) is 0 Å². The summed E-state index contributed by atoms with van der Waals surface area (Å²) < 4.78 is 0. The molecule has 0 amide bonds. The maximum absolute atomic E-state index is 3.60. The van der Waals surface area contributed by atoms with Gasteiger partial charge in [0.1, 0.15) is 0 Å². The molecule has 1 nitrogen and oxygen atoms in total. The first-order valence-corrected chi connectivity index (χ1v) is 9.81. The van der Waals surface area contributed by atoms with E-state index in [1.807, 2.05) is 0 Å². The Morgan fingerprint density at radius 2 is 1.43 bits per heavy atom. The van der Waals surface area contributed by atoms with Crippen molar-refractivity contribution in [1.82, 2.24) is 5.32 Å². The Bertz CT molecular complexity index is 214. The summed E-state index contributed by atoms with van der Waals surface area (Å²) in [6.07, 6.45) is 10.9. The molecule has 0 saturated heterocycles. The van der Waals surface area contributed by atoms with Crippen LogP contribution in [0.2, 0.25) is 0 Å². The van der Waals surface area contributed by atoms with Gasteiger partial charge in [0.15, 0.2) is 0 Å². The van der Waals surface area contributed by atoms with E-state index in [1.165, 1.54) is 64.5 Å². The predicted molar refractivity (Wildman–Crippen MR) is 97.8 cm³/mol. The first-order chi connectivity index (χ1) is 10.1. The topological polar surface area (TPSA) is 12.0 Å². The van der Waals surface area contributed by atoms with Crippen LogP contribution in [0.5, 0.6) is 0 Å². The van der Waals surface area contributed by atoms with Gasteiger partial charge in [-0.2, -0.15) is 0 Å². The molecule has 0 aromatic rings. The van der Waals surface area contributed by atoms with Gasteiger partial charge < -0.3 is 5.32 Å². The third-order valence-electron chi connectivity index (χ3n) is 5.40. The second-order valence-corrected chi connectivity index (χ2v) is 7.23. The Balaban J connectivity index is 4.39. The van der Waals surface area contributed by atoms with Crippen molar-refractivity contribution < 1.29 is 0 Å². The van der Waals surface area contributed by atoms with Crippen LogP contribution < -0.4 is 5.32 Å². The molecule has 0 aliphatic rings. The van der Waals surface area contributed by atoms with Gasteiger partial charge in [0, 0.05) is 0 Å². The van der Waals surface area contributed by atoms with Crippen molar-refractivity contribution in [3.63, 3.8) is 0 Å². The summed E-state index contributed by atoms with van der Waals surface area (Å²) in [6.45, 7) is 16.7. The van der Waals surface area contributed by atoms with E-state index in [1.54, 1.807) is 0 Å². The Morgan fingerprint density at radius 1 is 0.714 bits per heavy atom. The summed E-state index contributed by atoms with van der Waals surface area (Å²) in [6, 6.07) is 0. The van der Waals surface area contributed by atoms with E-state index < -0.39 is 0 Å². The molecular formula is C20H43N. The minimum absolute atomic E-state index is 0.884. The van der Waals surface area contributed by atoms with Gasteiger partial charge in [-0.3, -0.25) is 0 Å². The third kappa shape index (κ3) is 9.55. The standard InChI is InChI=1S/C20H43N/c1-7-11-17(5)12-13-20(18(6)9-3)19(10-4)14-16-21-15-8-2/h17-21H,7-16H2,1-6H3. The molecule has 128 valence electrons. The minimum Gasteiger partial charge on any atom is -0.317 e. The zero-order valence-electron chi connectivity index (χ0n) is 15.9. The molecule has 1 N–H and O–H groups in total. The molecule has 0 aliphatic carbocycles. The zero-order chi connectivity index (χ0) is 16.1. The van der Waals surface area contributed by atoms with Crippen LogP contribution in [0.15, 0.2) is 0 Å². The molecule has 0 saturated carbocycles. The van der Waals surface area contributed by atoms with E-state index in [0.29, 0.717) is 0 Å². The Morgan fingerprint density at radius 3 is 1.95 bits per heavy atom. The molecule has 0 radical (unpaired) electrons. The minimum atomic E-state index is 0.884. The first-order valence-electron chi connectivity index (χ1n) is 9.81. The number of rotatable bonds is 14. The summed E-state index contributed by atoms with van der Waals surface area (Å²) >= 11 is 0. The van der Waals surface area contributed by atoms with Crippen LogP contribution in [0, 0.1) is 23.7 Å². The molecule has 0 aliphatic heterocycles. The fourth-order valence-corrected chi connectivity index (χ4v) is 3.71. The van der Waals surface area contributed by atoms with Gasteiger partial charge in [0.2, 0.25) is 0 Å². The second-order valence-electron chi connectivity index (χ2n) is 7.23. The van der Waals surface area contributed by atoms with E-state index >= 15 is 0 Å². The Labute approximate surface area is 135 Å². The van der Waals surface area contributed by atoms with E-state index in [0.717, 1.165) is 23.7 Å². The maximum atomic E-state index is 3.60. The number of hydrogen-bond acceptors (Lipinski definition) is 1. The molecule has 0 heterocycles. The molecule has 4 atom stereocenters. The molecular weight excluding hydrogens is 254 g/mol. The quantitative estimate of drug-likeness (QED) is 0.372. The third-order valence-corrected chi connectivity index (χ3v) is 5.40. The predicted octanol–water partition coefficient (Wildman–Crippen LogP) is 6.28. The molecule has 0 aromatic carbocycles. The molecule has 0 fully saturated rings. The van der Waals surface area contributed by atoms with Crippen LogP contribution in [0.25, 0.3) is 0 Å². The Kier molecular flexibility index (Phi) is 13.6. The van der Waals surface area contributed by atoms with Gasteiger partial charge in [-0.15, -0.1) is 0 Å². The van der Waals surface area contributed by atoms with Crippen molar-refractivity contribution in [2.75, 3.05) is 13.1 Å². The lowest BCUT2D eigenvalue weighted by molar-refractivity contribution is 0.188. The lowest BCUT2D eigenvalue weighted by Crippen LogP contribution is -2.26. The summed E-state index contributed by atoms with van der Waals surface area (Å²) in [5, 5.41) is 3.60. The molecule has 4 unspecified atom stereocenters. The average Bonchev–Trinajstić information content (AvgIpc) is 2.49. The van der Waals surface area contributed by atoms with Crippen molar-refractivity contribution in [1.29, 1.82) is 0 Å². The van der Waals surface area contributed by atoms with Crippen LogP contribution in [0.1, 0.15) is 92.9 Å². The highest BCUT2D eigenvalue weighted by Gasteiger charge is 2.24. The van der Waals surface area contributed by atoms with Crippen molar-refractivity contribution in [2.24, 2.45) is 23.7 Å². The van der Waals surface area contributed by atoms with E-state index in [2.05, 4.69) is 46.9 Å². The van der Waals surface area contributed by atoms with Gasteiger partial charge >= 0.3 is 0 Å². The fraction of sp³-hybridized carbons (Fsp3) is 1.00. The van der Waals surface area contributed by atoms with Gasteiger partial charge in [-0.1, -0.05) is 73.6 Å². The first kappa shape index (κ1) is 21.0. The van der Waals surface area contributed by atoms with Crippen molar-refractivity contribution >= 4 is 0 Å². The van der Waals surface area contributed by atoms with Crippen molar-refractivity contribution in [2.45, 2.75) is 92.9 Å². The summed E-state index contributed by atoms with van der Waals surface area (Å²) in [5.74, 6) is 3.65. The molecule has 21 heavy (non-hydrogen) atoms. The molecule has 1 heteroatoms. The van der Waals surface area contributed by atoms with Crippen molar-refractivity contribution in [3.05, 3.63) is 0 Å². The largest absolute Gasteiger partial charge is 0.317 e. The summed E-state index contributed by atoms with van der Waals surface area (Å²) in [4.78, 5) is 0. The highest BCUT2D eigenvalue weighted by molar-refractivity contribution is 4.75. The second kappa shape index (κ2) is 13.6. The van der Waals surface area contributed by atoms with Crippen LogP contribution in [0.4, 0.5) is 0 Å². The highest BCUT2D eigenvalue weighted by atomic mass is 14.8. The van der Waals surface area contributed by atoms with Crippen molar-refractivity contribution in [3.8, 4) is 0 Å². The SMILES string of the molecule is CCCNCCC(CC)C(CCC(C)CCC)C(C)CC. The number of hydrogen-bond donors (Lipinski definition) is 1. The van der Waals surface area contributed by atoms with Crippen LogP contribution in [0.3, 0.4) is 0 Å². The monoisotopic (exact) mass is 297 g/mol.